The molecule has 0 saturated carbocycles. The number of carbonyl (C=O) groups is 1. The maximum absolute atomic E-state index is 13.7. The number of halogens is 1. The van der Waals surface area contributed by atoms with Gasteiger partial charge in [-0.05, 0) is 74.1 Å². The second kappa shape index (κ2) is 8.16. The maximum atomic E-state index is 13.7. The monoisotopic (exact) mass is 553 g/mol. The number of aromatic nitrogens is 4. The van der Waals surface area contributed by atoms with Crippen LogP contribution in [0.4, 0.5) is 4.79 Å². The van der Waals surface area contributed by atoms with E-state index >= 15 is 0 Å². The molecule has 2 aliphatic rings. The summed E-state index contributed by atoms with van der Waals surface area (Å²) in [4.78, 5) is 37.3. The van der Waals surface area contributed by atoms with Crippen molar-refractivity contribution in [3.8, 4) is 0 Å². The number of hydrogen-bond acceptors (Lipinski definition) is 6. The Labute approximate surface area is 209 Å². The molecule has 1 atom stereocenters. The van der Waals surface area contributed by atoms with Gasteiger partial charge in [0, 0.05) is 18.5 Å². The van der Waals surface area contributed by atoms with E-state index in [1.165, 1.54) is 4.52 Å². The van der Waals surface area contributed by atoms with Crippen LogP contribution in [0.3, 0.4) is 0 Å². The Morgan fingerprint density at radius 2 is 1.76 bits per heavy atom. The number of amides is 1. The fraction of sp³-hybridized carbons (Fsp3) is 0.739. The lowest BCUT2D eigenvalue weighted by molar-refractivity contribution is 0.0148. The first-order chi connectivity index (χ1) is 15.5. The lowest BCUT2D eigenvalue weighted by Gasteiger charge is -2.41. The van der Waals surface area contributed by atoms with Crippen molar-refractivity contribution in [3.63, 3.8) is 0 Å². The third-order valence-electron chi connectivity index (χ3n) is 7.52. The summed E-state index contributed by atoms with van der Waals surface area (Å²) in [6, 6.07) is 0. The minimum atomic E-state index is -2.13. The molecule has 4 rings (SSSR count). The van der Waals surface area contributed by atoms with E-state index in [1.807, 2.05) is 20.8 Å². The van der Waals surface area contributed by atoms with Crippen molar-refractivity contribution in [2.75, 3.05) is 13.1 Å². The number of aromatic amines is 1. The quantitative estimate of drug-likeness (QED) is 0.529. The molecular weight excluding hydrogens is 518 g/mol. The molecule has 1 fully saturated rings. The van der Waals surface area contributed by atoms with E-state index in [9.17, 15) is 9.59 Å². The molecule has 2 aromatic heterocycles. The summed E-state index contributed by atoms with van der Waals surface area (Å²) in [5, 5.41) is 2.97. The molecule has 1 aliphatic heterocycles. The van der Waals surface area contributed by atoms with E-state index in [1.54, 1.807) is 4.90 Å². The molecule has 1 aliphatic carbocycles. The van der Waals surface area contributed by atoms with Gasteiger partial charge >= 0.3 is 6.09 Å². The number of H-pyrrole nitrogens is 1. The van der Waals surface area contributed by atoms with Crippen LogP contribution in [0.5, 0.6) is 0 Å². The largest absolute Gasteiger partial charge is 0.444 e. The van der Waals surface area contributed by atoms with Crippen LogP contribution in [0.2, 0.25) is 18.1 Å². The van der Waals surface area contributed by atoms with Gasteiger partial charge in [0.2, 0.25) is 0 Å². The predicted molar refractivity (Wildman–Crippen MR) is 136 cm³/mol. The topological polar surface area (TPSA) is 102 Å². The van der Waals surface area contributed by atoms with Crippen LogP contribution in [-0.4, -0.2) is 57.6 Å². The van der Waals surface area contributed by atoms with E-state index in [4.69, 9.17) is 14.1 Å². The Bertz CT molecular complexity index is 1170. The lowest BCUT2D eigenvalue weighted by Crippen LogP contribution is -2.48. The highest BCUT2D eigenvalue weighted by molar-refractivity contribution is 9.10. The van der Waals surface area contributed by atoms with Crippen LogP contribution in [0.15, 0.2) is 9.53 Å². The summed E-state index contributed by atoms with van der Waals surface area (Å²) in [5.74, 6) is 0.336. The van der Waals surface area contributed by atoms with Crippen LogP contribution >= 0.6 is 15.9 Å². The number of carbonyl (C=O) groups excluding carboxylic acids is 1. The number of hydrogen-bond donors (Lipinski definition) is 1. The number of likely N-dealkylation sites (tertiary alicyclic amines) is 1. The zero-order valence-electron chi connectivity index (χ0n) is 21.4. The summed E-state index contributed by atoms with van der Waals surface area (Å²) in [6.45, 7) is 17.7. The van der Waals surface area contributed by atoms with Gasteiger partial charge < -0.3 is 14.1 Å². The second-order valence-electron chi connectivity index (χ2n) is 12.1. The third kappa shape index (κ3) is 4.46. The highest BCUT2D eigenvalue weighted by Gasteiger charge is 2.52. The average molecular weight is 555 g/mol. The van der Waals surface area contributed by atoms with E-state index in [0.717, 1.165) is 0 Å². The smallest absolute Gasteiger partial charge is 0.410 e. The maximum Gasteiger partial charge on any atom is 0.410 e. The second-order valence-corrected chi connectivity index (χ2v) is 17.7. The van der Waals surface area contributed by atoms with Gasteiger partial charge in [0.25, 0.3) is 11.3 Å². The van der Waals surface area contributed by atoms with Gasteiger partial charge in [-0.1, -0.05) is 20.8 Å². The summed E-state index contributed by atoms with van der Waals surface area (Å²) in [6.07, 6.45) is 1.44. The molecule has 34 heavy (non-hydrogen) atoms. The highest BCUT2D eigenvalue weighted by Crippen LogP contribution is 2.52. The first-order valence-corrected chi connectivity index (χ1v) is 15.6. The minimum Gasteiger partial charge on any atom is -0.444 e. The van der Waals surface area contributed by atoms with E-state index in [2.05, 4.69) is 59.9 Å². The average Bonchev–Trinajstić information content (AvgIpc) is 3.18. The molecule has 0 bridgehead atoms. The number of ether oxygens (including phenoxy) is 1. The first kappa shape index (κ1) is 25.4. The molecule has 0 radical (unpaired) electrons. The van der Waals surface area contributed by atoms with Crippen LogP contribution < -0.4 is 5.56 Å². The fourth-order valence-electron chi connectivity index (χ4n) is 4.72. The van der Waals surface area contributed by atoms with Gasteiger partial charge in [0.15, 0.2) is 13.1 Å². The molecule has 2 aromatic rings. The summed E-state index contributed by atoms with van der Waals surface area (Å²) < 4.78 is 14.3. The molecule has 3 heterocycles. The standard InChI is InChI=1S/C23H36BrN5O4Si/c1-21(2,3)32-20(31)28-11-9-23(10-12-28)13-14(33-34(7,8)22(4,5)6)16-15(23)17(30)29-19(25-16)26-18(24)27-29/h14H,9-13H2,1-8H3,(H,25,26,27). The lowest BCUT2D eigenvalue weighted by atomic mass is 9.74. The molecule has 1 amide bonds. The van der Waals surface area contributed by atoms with Crippen molar-refractivity contribution in [1.82, 2.24) is 24.5 Å². The number of fused-ring (bicyclic) bond motifs is 3. The normalized spacial score (nSPS) is 20.7. The van der Waals surface area contributed by atoms with Crippen molar-refractivity contribution >= 4 is 36.1 Å². The number of nitrogens with zero attached hydrogens (tertiary/aromatic N) is 4. The predicted octanol–water partition coefficient (Wildman–Crippen LogP) is 4.92. The van der Waals surface area contributed by atoms with Gasteiger partial charge in [0.1, 0.15) is 5.60 Å². The minimum absolute atomic E-state index is 0.0253. The Morgan fingerprint density at radius 1 is 1.15 bits per heavy atom. The Kier molecular flexibility index (Phi) is 6.09. The zero-order chi connectivity index (χ0) is 25.3. The van der Waals surface area contributed by atoms with E-state index in [0.29, 0.717) is 54.1 Å². The van der Waals surface area contributed by atoms with Gasteiger partial charge in [-0.25, -0.2) is 9.78 Å². The molecule has 11 heteroatoms. The molecule has 1 unspecified atom stereocenters. The fourth-order valence-corrected chi connectivity index (χ4v) is 6.32. The molecule has 188 valence electrons. The Morgan fingerprint density at radius 3 is 2.32 bits per heavy atom. The van der Waals surface area contributed by atoms with Crippen LogP contribution in [0.25, 0.3) is 5.78 Å². The summed E-state index contributed by atoms with van der Waals surface area (Å²) >= 11 is 3.32. The third-order valence-corrected chi connectivity index (χ3v) is 12.4. The van der Waals surface area contributed by atoms with Crippen LogP contribution in [-0.2, 0) is 14.6 Å². The van der Waals surface area contributed by atoms with Gasteiger partial charge in [-0.3, -0.25) is 9.89 Å². The van der Waals surface area contributed by atoms with Gasteiger partial charge in [-0.15, -0.1) is 0 Å². The number of rotatable bonds is 2. The summed E-state index contributed by atoms with van der Waals surface area (Å²) in [7, 11) is -2.13. The molecule has 9 nitrogen and oxygen atoms in total. The molecule has 0 aromatic carbocycles. The van der Waals surface area contributed by atoms with Crippen molar-refractivity contribution in [3.05, 3.63) is 26.3 Å². The highest BCUT2D eigenvalue weighted by atomic mass is 79.9. The number of nitrogens with one attached hydrogen (secondary N) is 1. The van der Waals surface area contributed by atoms with Gasteiger partial charge in [0.05, 0.1) is 17.4 Å². The van der Waals surface area contributed by atoms with Crippen molar-refractivity contribution in [1.29, 1.82) is 0 Å². The Hall–Kier alpha value is -1.72. The zero-order valence-corrected chi connectivity index (χ0v) is 24.0. The first-order valence-electron chi connectivity index (χ1n) is 11.9. The molecule has 1 saturated heterocycles. The summed E-state index contributed by atoms with van der Waals surface area (Å²) in [5.41, 5.74) is 0.332. The van der Waals surface area contributed by atoms with Crippen molar-refractivity contribution in [2.24, 2.45) is 0 Å². The van der Waals surface area contributed by atoms with Gasteiger partial charge in [-0.2, -0.15) is 9.50 Å². The SMILES string of the molecule is CC(C)(C)OC(=O)N1CCC2(CC1)CC(O[Si](C)(C)C(C)(C)C)c1nc3nc(Br)[nH]n3c(=O)c12. The van der Waals surface area contributed by atoms with Crippen LogP contribution in [0.1, 0.15) is 78.2 Å². The van der Waals surface area contributed by atoms with Crippen LogP contribution in [0, 0.1) is 0 Å². The van der Waals surface area contributed by atoms with E-state index < -0.39 is 19.3 Å². The molecule has 1 spiro atoms. The van der Waals surface area contributed by atoms with E-state index in [-0.39, 0.29) is 22.8 Å². The van der Waals surface area contributed by atoms with Crippen molar-refractivity contribution in [2.45, 2.75) is 96.1 Å². The van der Waals surface area contributed by atoms with Crippen molar-refractivity contribution < 1.29 is 14.0 Å². The Balaban J connectivity index is 1.72. The molecule has 1 N–H and O–H groups in total. The number of piperidine rings is 1. The molecular formula is C23H36BrN5O4Si.